The molecule has 2 aliphatic rings. The van der Waals surface area contributed by atoms with Gasteiger partial charge in [0.25, 0.3) is 0 Å². The van der Waals surface area contributed by atoms with Gasteiger partial charge < -0.3 is 9.80 Å². The van der Waals surface area contributed by atoms with Gasteiger partial charge in [0.05, 0.1) is 28.7 Å². The van der Waals surface area contributed by atoms with Gasteiger partial charge in [-0.05, 0) is 117 Å². The summed E-state index contributed by atoms with van der Waals surface area (Å²) >= 11 is 1.99. The second kappa shape index (κ2) is 12.4. The van der Waals surface area contributed by atoms with Gasteiger partial charge in [-0.3, -0.25) is 0 Å². The van der Waals surface area contributed by atoms with E-state index in [2.05, 4.69) is 183 Å². The molecule has 0 N–H and O–H groups in total. The van der Waals surface area contributed by atoms with E-state index in [-0.39, 0.29) is 16.7 Å². The maximum absolute atomic E-state index is 2.62. The summed E-state index contributed by atoms with van der Waals surface area (Å²) in [6.45, 7) is 25.4. The predicted molar refractivity (Wildman–Crippen MR) is 227 cm³/mol. The van der Waals surface area contributed by atoms with Gasteiger partial charge in [-0.25, -0.2) is 0 Å². The topological polar surface area (TPSA) is 6.48 Å². The molecule has 52 heavy (non-hydrogen) atoms. The van der Waals surface area contributed by atoms with Crippen LogP contribution in [0.1, 0.15) is 138 Å². The van der Waals surface area contributed by atoms with E-state index in [9.17, 15) is 0 Å². The molecular formula is C49H54N2S. The molecular weight excluding hydrogens is 649 g/mol. The number of nitrogens with zero attached hydrogens (tertiary/aromatic N) is 2. The molecule has 2 nitrogen and oxygen atoms in total. The summed E-state index contributed by atoms with van der Waals surface area (Å²) < 4.78 is 1.36. The molecule has 0 fully saturated rings. The predicted octanol–water partition coefficient (Wildman–Crippen LogP) is 15.1. The Morgan fingerprint density at radius 2 is 1.12 bits per heavy atom. The fourth-order valence-corrected chi connectivity index (χ4v) is 9.57. The van der Waals surface area contributed by atoms with Gasteiger partial charge >= 0.3 is 0 Å². The van der Waals surface area contributed by atoms with Crippen LogP contribution >= 0.6 is 11.3 Å². The highest BCUT2D eigenvalue weighted by Gasteiger charge is 2.43. The summed E-state index contributed by atoms with van der Waals surface area (Å²) in [5, 5.41) is 1.36. The van der Waals surface area contributed by atoms with Crippen molar-refractivity contribution in [3.63, 3.8) is 0 Å². The van der Waals surface area contributed by atoms with Gasteiger partial charge in [-0.1, -0.05) is 119 Å². The zero-order valence-corrected chi connectivity index (χ0v) is 33.8. The van der Waals surface area contributed by atoms with Crippen molar-refractivity contribution in [3.8, 4) is 0 Å². The number of fused-ring (bicyclic) bond motifs is 6. The average molecular weight is 703 g/mol. The Morgan fingerprint density at radius 1 is 0.596 bits per heavy atom. The number of aryl methyl sites for hydroxylation is 1. The Labute approximate surface area is 316 Å². The molecule has 0 radical (unpaired) electrons. The first-order valence-corrected chi connectivity index (χ1v) is 20.2. The van der Waals surface area contributed by atoms with Crippen LogP contribution in [0, 0.1) is 0 Å². The number of anilines is 6. The van der Waals surface area contributed by atoms with Gasteiger partial charge in [-0.2, -0.15) is 0 Å². The fraction of sp³-hybridized carbons (Fsp3) is 0.347. The van der Waals surface area contributed by atoms with Crippen molar-refractivity contribution in [1.82, 2.24) is 0 Å². The normalized spacial score (nSPS) is 15.4. The lowest BCUT2D eigenvalue weighted by Gasteiger charge is -2.44. The van der Waals surface area contributed by atoms with Gasteiger partial charge in [-0.15, -0.1) is 11.3 Å². The maximum atomic E-state index is 2.62. The van der Waals surface area contributed by atoms with Crippen LogP contribution in [0.5, 0.6) is 0 Å². The number of benzene rings is 5. The molecule has 2 aliphatic heterocycles. The molecule has 0 saturated carbocycles. The van der Waals surface area contributed by atoms with Gasteiger partial charge in [0.2, 0.25) is 0 Å². The van der Waals surface area contributed by atoms with Crippen molar-refractivity contribution in [1.29, 1.82) is 0 Å². The monoisotopic (exact) mass is 702 g/mol. The van der Waals surface area contributed by atoms with Crippen molar-refractivity contribution < 1.29 is 0 Å². The highest BCUT2D eigenvalue weighted by atomic mass is 32.1. The van der Waals surface area contributed by atoms with Gasteiger partial charge in [0, 0.05) is 31.9 Å². The standard InChI is InChI=1S/C49H54N2S/c1-12-31-25-41-45-42(26-31)51(37-21-17-35(18-22-37)49(9,10)11)46-39-28-33(30(4)5)14-24-43(39)52-47(46)44(45)38-27-32(29(2)3)13-23-40(38)50(41)36-19-15-34(16-20-36)48(6,7)8/h13-30,44H,12H2,1-11H3. The first-order valence-electron chi connectivity index (χ1n) is 19.3. The van der Waals surface area contributed by atoms with Crippen LogP contribution in [0.2, 0.25) is 0 Å². The molecule has 0 spiro atoms. The van der Waals surface area contributed by atoms with E-state index in [0.29, 0.717) is 11.8 Å². The molecule has 1 atom stereocenters. The van der Waals surface area contributed by atoms with Crippen LogP contribution in [0.4, 0.5) is 34.1 Å². The zero-order valence-electron chi connectivity index (χ0n) is 33.0. The quantitative estimate of drug-likeness (QED) is 0.176. The molecule has 1 unspecified atom stereocenters. The number of thiophene rings is 1. The largest absolute Gasteiger partial charge is 0.310 e. The van der Waals surface area contributed by atoms with Crippen molar-refractivity contribution >= 4 is 55.5 Å². The SMILES string of the molecule is CCc1cc2c3c(c1)N(c1ccc(C(C)(C)C)cc1)c1c(sc4ccc(C(C)C)cc14)C3c1cc(C(C)C)ccc1N2c1ccc(C(C)(C)C)cc1. The summed E-state index contributed by atoms with van der Waals surface area (Å²) in [5.74, 6) is 1.02. The van der Waals surface area contributed by atoms with Crippen LogP contribution in [-0.2, 0) is 17.3 Å². The molecule has 3 heterocycles. The molecule has 266 valence electrons. The molecule has 0 amide bonds. The first-order chi connectivity index (χ1) is 24.7. The molecule has 1 aromatic heterocycles. The average Bonchev–Trinajstić information content (AvgIpc) is 3.49. The van der Waals surface area contributed by atoms with E-state index in [1.807, 2.05) is 11.3 Å². The third-order valence-corrected chi connectivity index (χ3v) is 12.7. The summed E-state index contributed by atoms with van der Waals surface area (Å²) in [5.41, 5.74) is 17.5. The molecule has 0 aliphatic carbocycles. The van der Waals surface area contributed by atoms with E-state index in [0.717, 1.165) is 6.42 Å². The minimum absolute atomic E-state index is 0.0834. The highest BCUT2D eigenvalue weighted by Crippen LogP contribution is 2.64. The van der Waals surface area contributed by atoms with Crippen molar-refractivity contribution in [2.75, 3.05) is 9.80 Å². The minimum atomic E-state index is 0.0834. The van der Waals surface area contributed by atoms with E-state index in [1.165, 1.54) is 88.0 Å². The molecule has 6 aromatic rings. The van der Waals surface area contributed by atoms with E-state index in [4.69, 9.17) is 0 Å². The van der Waals surface area contributed by atoms with Crippen LogP contribution in [-0.4, -0.2) is 0 Å². The lowest BCUT2D eigenvalue weighted by Crippen LogP contribution is -2.29. The molecule has 8 rings (SSSR count). The summed E-state index contributed by atoms with van der Waals surface area (Å²) in [7, 11) is 0. The van der Waals surface area contributed by atoms with E-state index < -0.39 is 0 Å². The van der Waals surface area contributed by atoms with Crippen LogP contribution in [0.3, 0.4) is 0 Å². The third kappa shape index (κ3) is 5.59. The lowest BCUT2D eigenvalue weighted by molar-refractivity contribution is 0.590. The van der Waals surface area contributed by atoms with Crippen molar-refractivity contribution in [2.45, 2.75) is 111 Å². The van der Waals surface area contributed by atoms with Crippen molar-refractivity contribution in [3.05, 3.63) is 141 Å². The first kappa shape index (κ1) is 34.7. The minimum Gasteiger partial charge on any atom is -0.310 e. The Balaban J connectivity index is 1.48. The van der Waals surface area contributed by atoms with Crippen LogP contribution < -0.4 is 9.80 Å². The van der Waals surface area contributed by atoms with Gasteiger partial charge in [0.1, 0.15) is 0 Å². The fourth-order valence-electron chi connectivity index (χ4n) is 8.27. The maximum Gasteiger partial charge on any atom is 0.0689 e. The Bertz CT molecular complexity index is 2310. The van der Waals surface area contributed by atoms with E-state index in [1.54, 1.807) is 0 Å². The number of hydrogen-bond acceptors (Lipinski definition) is 3. The van der Waals surface area contributed by atoms with Crippen LogP contribution in [0.25, 0.3) is 10.1 Å². The molecule has 0 bridgehead atoms. The molecule has 3 heteroatoms. The number of rotatable bonds is 5. The Morgan fingerprint density at radius 3 is 1.65 bits per heavy atom. The van der Waals surface area contributed by atoms with Crippen molar-refractivity contribution in [2.24, 2.45) is 0 Å². The summed E-state index contributed by atoms with van der Waals surface area (Å²) in [6, 6.07) is 38.3. The van der Waals surface area contributed by atoms with E-state index >= 15 is 0 Å². The summed E-state index contributed by atoms with van der Waals surface area (Å²) in [4.78, 5) is 6.63. The second-order valence-corrected chi connectivity index (χ2v) is 18.9. The zero-order chi connectivity index (χ0) is 36.9. The molecule has 5 aromatic carbocycles. The smallest absolute Gasteiger partial charge is 0.0689 e. The second-order valence-electron chi connectivity index (χ2n) is 17.8. The number of hydrogen-bond donors (Lipinski definition) is 0. The summed E-state index contributed by atoms with van der Waals surface area (Å²) in [6.07, 6.45) is 0.965. The Kier molecular flexibility index (Phi) is 8.27. The van der Waals surface area contributed by atoms with Gasteiger partial charge in [0.15, 0.2) is 0 Å². The third-order valence-electron chi connectivity index (χ3n) is 11.5. The highest BCUT2D eigenvalue weighted by molar-refractivity contribution is 7.20. The lowest BCUT2D eigenvalue weighted by atomic mass is 9.77. The van der Waals surface area contributed by atoms with Crippen LogP contribution in [0.15, 0.2) is 97.1 Å². The Hall–Kier alpha value is -4.34. The molecule has 0 saturated heterocycles.